The Labute approximate surface area is 209 Å². The number of methoxy groups -OCH3 is 2. The van der Waals surface area contributed by atoms with Gasteiger partial charge < -0.3 is 14.4 Å². The zero-order chi connectivity index (χ0) is 24.7. The highest BCUT2D eigenvalue weighted by Gasteiger charge is 2.36. The first-order valence-electron chi connectivity index (χ1n) is 12.4. The average molecular weight is 473 g/mol. The number of hydrogen-bond acceptors (Lipinski definition) is 5. The zero-order valence-electron chi connectivity index (χ0n) is 21.1. The van der Waals surface area contributed by atoms with E-state index in [4.69, 9.17) is 9.47 Å². The van der Waals surface area contributed by atoms with E-state index in [1.807, 2.05) is 49.4 Å². The van der Waals surface area contributed by atoms with Crippen molar-refractivity contribution in [3.05, 3.63) is 84.4 Å². The summed E-state index contributed by atoms with van der Waals surface area (Å²) >= 11 is 0. The van der Waals surface area contributed by atoms with E-state index >= 15 is 0 Å². The highest BCUT2D eigenvalue weighted by atomic mass is 16.5. The Kier molecular flexibility index (Phi) is 8.09. The number of carbonyl (C=O) groups excluding carboxylic acids is 1. The summed E-state index contributed by atoms with van der Waals surface area (Å²) in [6, 6.07) is 27.0. The maximum absolute atomic E-state index is 12.6. The molecule has 3 aromatic carbocycles. The lowest BCUT2D eigenvalue weighted by Crippen LogP contribution is -2.47. The summed E-state index contributed by atoms with van der Waals surface area (Å²) in [5, 5.41) is 0. The van der Waals surface area contributed by atoms with Crippen LogP contribution < -0.4 is 9.64 Å². The molecule has 0 aliphatic carbocycles. The number of carbonyl (C=O) groups is 1. The van der Waals surface area contributed by atoms with Crippen LogP contribution >= 0.6 is 0 Å². The lowest BCUT2D eigenvalue weighted by molar-refractivity contribution is -0.147. The molecule has 1 atom stereocenters. The number of rotatable bonds is 9. The number of benzene rings is 3. The first-order valence-corrected chi connectivity index (χ1v) is 12.4. The quantitative estimate of drug-likeness (QED) is 0.390. The van der Waals surface area contributed by atoms with Crippen LogP contribution in [0, 0.1) is 0 Å². The van der Waals surface area contributed by atoms with Gasteiger partial charge in [0, 0.05) is 31.9 Å². The Morgan fingerprint density at radius 1 is 0.829 bits per heavy atom. The van der Waals surface area contributed by atoms with Gasteiger partial charge in [-0.3, -0.25) is 9.69 Å². The Hall–Kier alpha value is -3.31. The summed E-state index contributed by atoms with van der Waals surface area (Å²) in [5.74, 6) is 0.713. The second-order valence-corrected chi connectivity index (χ2v) is 9.40. The minimum Gasteiger partial charge on any atom is -0.497 e. The first kappa shape index (κ1) is 24.8. The molecule has 0 aromatic heterocycles. The van der Waals surface area contributed by atoms with E-state index in [-0.39, 0.29) is 5.97 Å². The molecular weight excluding hydrogens is 436 g/mol. The molecule has 0 bridgehead atoms. The Bertz CT molecular complexity index is 1070. The van der Waals surface area contributed by atoms with Crippen molar-refractivity contribution >= 4 is 11.7 Å². The van der Waals surface area contributed by atoms with Gasteiger partial charge in [-0.05, 0) is 67.3 Å². The van der Waals surface area contributed by atoms with Crippen LogP contribution in [0.4, 0.5) is 5.69 Å². The third-order valence-corrected chi connectivity index (χ3v) is 7.23. The molecule has 1 aliphatic heterocycles. The average Bonchev–Trinajstić information content (AvgIpc) is 2.93. The molecule has 184 valence electrons. The van der Waals surface area contributed by atoms with Crippen LogP contribution in [0.5, 0.6) is 5.75 Å². The number of piperazine rings is 1. The van der Waals surface area contributed by atoms with Crippen LogP contribution in [0.25, 0.3) is 11.1 Å². The van der Waals surface area contributed by atoms with Gasteiger partial charge in [0.2, 0.25) is 0 Å². The van der Waals surface area contributed by atoms with Crippen molar-refractivity contribution in [2.45, 2.75) is 25.2 Å². The van der Waals surface area contributed by atoms with E-state index < -0.39 is 5.41 Å². The van der Waals surface area contributed by atoms with E-state index in [1.54, 1.807) is 7.11 Å². The maximum Gasteiger partial charge on any atom is 0.315 e. The maximum atomic E-state index is 12.6. The summed E-state index contributed by atoms with van der Waals surface area (Å²) in [5.41, 5.74) is 4.08. The molecule has 1 unspecified atom stereocenters. The van der Waals surface area contributed by atoms with E-state index in [9.17, 15) is 4.79 Å². The van der Waals surface area contributed by atoms with Crippen molar-refractivity contribution < 1.29 is 14.3 Å². The second-order valence-electron chi connectivity index (χ2n) is 9.40. The third-order valence-electron chi connectivity index (χ3n) is 7.23. The minimum atomic E-state index is -0.608. The Morgan fingerprint density at radius 2 is 1.43 bits per heavy atom. The van der Waals surface area contributed by atoms with Gasteiger partial charge in [0.05, 0.1) is 19.6 Å². The molecule has 1 heterocycles. The summed E-state index contributed by atoms with van der Waals surface area (Å²) in [6.07, 6.45) is 1.73. The van der Waals surface area contributed by atoms with Gasteiger partial charge in [0.15, 0.2) is 0 Å². The van der Waals surface area contributed by atoms with Crippen LogP contribution in [-0.4, -0.2) is 57.8 Å². The number of esters is 1. The number of ether oxygens (including phenoxy) is 2. The second kappa shape index (κ2) is 11.4. The van der Waals surface area contributed by atoms with Crippen molar-refractivity contribution in [3.63, 3.8) is 0 Å². The number of hydrogen-bond donors (Lipinski definition) is 0. The molecule has 0 saturated carbocycles. The smallest absolute Gasteiger partial charge is 0.315 e. The van der Waals surface area contributed by atoms with E-state index in [0.717, 1.165) is 56.9 Å². The Balaban J connectivity index is 1.28. The predicted octanol–water partition coefficient (Wildman–Crippen LogP) is 5.40. The monoisotopic (exact) mass is 472 g/mol. The Morgan fingerprint density at radius 3 is 2.00 bits per heavy atom. The van der Waals surface area contributed by atoms with Crippen molar-refractivity contribution in [1.29, 1.82) is 0 Å². The van der Waals surface area contributed by atoms with Gasteiger partial charge in [-0.25, -0.2) is 0 Å². The molecule has 4 rings (SSSR count). The molecular formula is C30H36N2O3. The fourth-order valence-corrected chi connectivity index (χ4v) is 4.93. The summed E-state index contributed by atoms with van der Waals surface area (Å²) in [4.78, 5) is 17.6. The van der Waals surface area contributed by atoms with Crippen molar-refractivity contribution in [3.8, 4) is 16.9 Å². The van der Waals surface area contributed by atoms with Crippen LogP contribution in [0.1, 0.15) is 25.3 Å². The normalized spacial score (nSPS) is 15.9. The van der Waals surface area contributed by atoms with E-state index in [1.165, 1.54) is 23.9 Å². The summed E-state index contributed by atoms with van der Waals surface area (Å²) in [6.45, 7) is 7.07. The van der Waals surface area contributed by atoms with Crippen molar-refractivity contribution in [2.24, 2.45) is 0 Å². The minimum absolute atomic E-state index is 0.161. The van der Waals surface area contributed by atoms with Gasteiger partial charge in [-0.1, -0.05) is 54.6 Å². The molecule has 0 radical (unpaired) electrons. The summed E-state index contributed by atoms with van der Waals surface area (Å²) in [7, 11) is 3.17. The predicted molar refractivity (Wildman–Crippen MR) is 142 cm³/mol. The highest BCUT2D eigenvalue weighted by Crippen LogP contribution is 2.31. The van der Waals surface area contributed by atoms with Gasteiger partial charge in [0.25, 0.3) is 0 Å². The van der Waals surface area contributed by atoms with E-state index in [0.29, 0.717) is 0 Å². The fourth-order valence-electron chi connectivity index (χ4n) is 4.93. The van der Waals surface area contributed by atoms with Crippen LogP contribution in [0.2, 0.25) is 0 Å². The van der Waals surface area contributed by atoms with Crippen LogP contribution in [-0.2, 0) is 14.9 Å². The topological polar surface area (TPSA) is 42.0 Å². The van der Waals surface area contributed by atoms with Crippen LogP contribution in [0.3, 0.4) is 0 Å². The molecule has 5 heteroatoms. The lowest BCUT2D eigenvalue weighted by atomic mass is 9.78. The largest absolute Gasteiger partial charge is 0.497 e. The lowest BCUT2D eigenvalue weighted by Gasteiger charge is -2.36. The molecule has 3 aromatic rings. The number of nitrogens with zero attached hydrogens (tertiary/aromatic N) is 2. The standard InChI is InChI=1S/C30H36N2O3/c1-30(29(33)35-3,26-8-5-4-6-9-26)18-7-19-31-20-22-32(23-21-31)27-14-10-24(11-15-27)25-12-16-28(34-2)17-13-25/h4-6,8-17H,7,18-23H2,1-3H3. The van der Waals surface area contributed by atoms with Crippen LogP contribution in [0.15, 0.2) is 78.9 Å². The molecule has 35 heavy (non-hydrogen) atoms. The molecule has 5 nitrogen and oxygen atoms in total. The molecule has 1 saturated heterocycles. The first-order chi connectivity index (χ1) is 17.0. The molecule has 0 amide bonds. The highest BCUT2D eigenvalue weighted by molar-refractivity contribution is 5.82. The van der Waals surface area contributed by atoms with Gasteiger partial charge >= 0.3 is 5.97 Å². The molecule has 0 N–H and O–H groups in total. The van der Waals surface area contributed by atoms with Gasteiger partial charge in [0.1, 0.15) is 5.75 Å². The fraction of sp³-hybridized carbons (Fsp3) is 0.367. The number of anilines is 1. The summed E-state index contributed by atoms with van der Waals surface area (Å²) < 4.78 is 10.4. The van der Waals surface area contributed by atoms with Gasteiger partial charge in [-0.15, -0.1) is 0 Å². The molecule has 1 fully saturated rings. The van der Waals surface area contributed by atoms with Crippen molar-refractivity contribution in [2.75, 3.05) is 51.8 Å². The van der Waals surface area contributed by atoms with E-state index in [2.05, 4.69) is 46.2 Å². The van der Waals surface area contributed by atoms with Gasteiger partial charge in [-0.2, -0.15) is 0 Å². The van der Waals surface area contributed by atoms with Crippen molar-refractivity contribution in [1.82, 2.24) is 4.90 Å². The zero-order valence-corrected chi connectivity index (χ0v) is 21.1. The molecule has 0 spiro atoms. The molecule has 1 aliphatic rings. The SMILES string of the molecule is COC(=O)C(C)(CCCN1CCN(c2ccc(-c3ccc(OC)cc3)cc2)CC1)c1ccccc1. The third kappa shape index (κ3) is 5.85.